The third kappa shape index (κ3) is 1.72. The molecular weight excluding hydrogens is 186 g/mol. The highest BCUT2D eigenvalue weighted by molar-refractivity contribution is 4.98. The Labute approximate surface area is 92.4 Å². The van der Waals surface area contributed by atoms with Gasteiger partial charge in [-0.2, -0.15) is 0 Å². The lowest BCUT2D eigenvalue weighted by Gasteiger charge is -2.50. The van der Waals surface area contributed by atoms with Crippen LogP contribution < -0.4 is 5.32 Å². The van der Waals surface area contributed by atoms with Gasteiger partial charge >= 0.3 is 0 Å². The second-order valence-electron chi connectivity index (χ2n) is 5.80. The zero-order valence-corrected chi connectivity index (χ0v) is 9.49. The Morgan fingerprint density at radius 3 is 2.60 bits per heavy atom. The first-order chi connectivity index (χ1) is 7.36. The molecule has 0 radical (unpaired) electrons. The normalized spacial score (nSPS) is 50.6. The molecular formula is C13H23NO. The van der Waals surface area contributed by atoms with Crippen molar-refractivity contribution >= 4 is 0 Å². The van der Waals surface area contributed by atoms with Gasteiger partial charge in [-0.05, 0) is 56.9 Å². The number of rotatable bonds is 0. The Bertz CT molecular complexity index is 231. The van der Waals surface area contributed by atoms with Crippen molar-refractivity contribution < 1.29 is 5.11 Å². The highest BCUT2D eigenvalue weighted by Crippen LogP contribution is 2.45. The molecule has 2 nitrogen and oxygen atoms in total. The first kappa shape index (κ1) is 10.1. The third-order valence-electron chi connectivity index (χ3n) is 5.03. The van der Waals surface area contributed by atoms with Gasteiger partial charge in [-0.1, -0.05) is 6.42 Å². The summed E-state index contributed by atoms with van der Waals surface area (Å²) >= 11 is 0. The van der Waals surface area contributed by atoms with E-state index in [1.54, 1.807) is 0 Å². The van der Waals surface area contributed by atoms with E-state index in [1.807, 2.05) is 0 Å². The molecule has 2 aliphatic carbocycles. The molecule has 3 rings (SSSR count). The van der Waals surface area contributed by atoms with Gasteiger partial charge in [0.25, 0.3) is 0 Å². The Morgan fingerprint density at radius 1 is 0.867 bits per heavy atom. The van der Waals surface area contributed by atoms with E-state index in [0.29, 0.717) is 12.0 Å². The smallest absolute Gasteiger partial charge is 0.0586 e. The van der Waals surface area contributed by atoms with Crippen LogP contribution in [-0.2, 0) is 0 Å². The second kappa shape index (κ2) is 4.06. The molecule has 1 heterocycles. The molecule has 1 aliphatic heterocycles. The van der Waals surface area contributed by atoms with E-state index in [0.717, 1.165) is 18.3 Å². The van der Waals surface area contributed by atoms with Crippen LogP contribution in [0, 0.1) is 17.8 Å². The highest BCUT2D eigenvalue weighted by Gasteiger charge is 2.44. The molecule has 0 spiro atoms. The molecule has 1 saturated heterocycles. The monoisotopic (exact) mass is 209 g/mol. The van der Waals surface area contributed by atoms with Gasteiger partial charge in [-0.15, -0.1) is 0 Å². The van der Waals surface area contributed by atoms with Gasteiger partial charge in [0.05, 0.1) is 6.10 Å². The maximum absolute atomic E-state index is 10.2. The van der Waals surface area contributed by atoms with E-state index in [1.165, 1.54) is 45.1 Å². The lowest BCUT2D eigenvalue weighted by Crippen LogP contribution is -2.56. The third-order valence-corrected chi connectivity index (χ3v) is 5.03. The SMILES string of the molecule is OC1CCCC2CCC3CCCNC3C12. The van der Waals surface area contributed by atoms with Crippen LogP contribution in [0.25, 0.3) is 0 Å². The average molecular weight is 209 g/mol. The fourth-order valence-electron chi connectivity index (χ4n) is 4.34. The summed E-state index contributed by atoms with van der Waals surface area (Å²) in [7, 11) is 0. The van der Waals surface area contributed by atoms with Crippen molar-refractivity contribution in [2.75, 3.05) is 6.54 Å². The molecule has 2 saturated carbocycles. The Kier molecular flexibility index (Phi) is 2.73. The summed E-state index contributed by atoms with van der Waals surface area (Å²) in [4.78, 5) is 0. The molecule has 0 aromatic carbocycles. The Hall–Kier alpha value is -0.0800. The van der Waals surface area contributed by atoms with E-state index in [2.05, 4.69) is 5.32 Å². The summed E-state index contributed by atoms with van der Waals surface area (Å²) in [6.45, 7) is 1.18. The number of hydrogen-bond donors (Lipinski definition) is 2. The van der Waals surface area contributed by atoms with Crippen LogP contribution >= 0.6 is 0 Å². The van der Waals surface area contributed by atoms with Gasteiger partial charge in [-0.25, -0.2) is 0 Å². The molecule has 86 valence electrons. The maximum atomic E-state index is 10.2. The van der Waals surface area contributed by atoms with E-state index < -0.39 is 0 Å². The first-order valence-corrected chi connectivity index (χ1v) is 6.78. The zero-order chi connectivity index (χ0) is 10.3. The van der Waals surface area contributed by atoms with Crippen molar-refractivity contribution in [1.82, 2.24) is 5.32 Å². The lowest BCUT2D eigenvalue weighted by atomic mass is 9.62. The topological polar surface area (TPSA) is 32.3 Å². The van der Waals surface area contributed by atoms with Gasteiger partial charge in [0.1, 0.15) is 0 Å². The van der Waals surface area contributed by atoms with E-state index in [9.17, 15) is 5.11 Å². The molecule has 0 bridgehead atoms. The van der Waals surface area contributed by atoms with Crippen molar-refractivity contribution in [1.29, 1.82) is 0 Å². The van der Waals surface area contributed by atoms with Crippen LogP contribution in [0.2, 0.25) is 0 Å². The molecule has 3 fully saturated rings. The summed E-state index contributed by atoms with van der Waals surface area (Å²) in [5.41, 5.74) is 0. The van der Waals surface area contributed by atoms with Gasteiger partial charge in [0.2, 0.25) is 0 Å². The van der Waals surface area contributed by atoms with E-state index in [4.69, 9.17) is 0 Å². The van der Waals surface area contributed by atoms with Crippen molar-refractivity contribution in [2.45, 2.75) is 57.1 Å². The molecule has 2 N–H and O–H groups in total. The quantitative estimate of drug-likeness (QED) is 0.639. The van der Waals surface area contributed by atoms with E-state index >= 15 is 0 Å². The van der Waals surface area contributed by atoms with Crippen LogP contribution in [0.3, 0.4) is 0 Å². The lowest BCUT2D eigenvalue weighted by molar-refractivity contribution is -0.0363. The van der Waals surface area contributed by atoms with Gasteiger partial charge in [-0.3, -0.25) is 0 Å². The predicted octanol–water partition coefficient (Wildman–Crippen LogP) is 1.93. The summed E-state index contributed by atoms with van der Waals surface area (Å²) in [5.74, 6) is 2.27. The number of fused-ring (bicyclic) bond motifs is 3. The van der Waals surface area contributed by atoms with Gasteiger partial charge in [0, 0.05) is 12.0 Å². The molecule has 3 aliphatic rings. The van der Waals surface area contributed by atoms with Crippen molar-refractivity contribution in [2.24, 2.45) is 17.8 Å². The number of hydrogen-bond acceptors (Lipinski definition) is 2. The van der Waals surface area contributed by atoms with Crippen LogP contribution in [0.5, 0.6) is 0 Å². The van der Waals surface area contributed by atoms with Gasteiger partial charge < -0.3 is 10.4 Å². The van der Waals surface area contributed by atoms with Crippen LogP contribution in [0.15, 0.2) is 0 Å². The molecule has 0 aromatic rings. The summed E-state index contributed by atoms with van der Waals surface area (Å²) < 4.78 is 0. The van der Waals surface area contributed by atoms with Crippen LogP contribution in [-0.4, -0.2) is 23.8 Å². The fraction of sp³-hybridized carbons (Fsp3) is 1.00. The predicted molar refractivity (Wildman–Crippen MR) is 60.6 cm³/mol. The molecule has 5 unspecified atom stereocenters. The number of aliphatic hydroxyl groups is 1. The number of aliphatic hydroxyl groups excluding tert-OH is 1. The fourth-order valence-corrected chi connectivity index (χ4v) is 4.34. The van der Waals surface area contributed by atoms with Crippen LogP contribution in [0.4, 0.5) is 0 Å². The minimum absolute atomic E-state index is 0.0119. The van der Waals surface area contributed by atoms with Gasteiger partial charge in [0.15, 0.2) is 0 Å². The van der Waals surface area contributed by atoms with Crippen molar-refractivity contribution in [3.63, 3.8) is 0 Å². The molecule has 5 atom stereocenters. The number of nitrogens with one attached hydrogen (secondary N) is 1. The molecule has 15 heavy (non-hydrogen) atoms. The summed E-state index contributed by atoms with van der Waals surface area (Å²) in [5, 5.41) is 13.9. The van der Waals surface area contributed by atoms with Crippen molar-refractivity contribution in [3.8, 4) is 0 Å². The summed E-state index contributed by atoms with van der Waals surface area (Å²) in [6.07, 6.45) is 9.18. The highest BCUT2D eigenvalue weighted by atomic mass is 16.3. The van der Waals surface area contributed by atoms with E-state index in [-0.39, 0.29) is 6.10 Å². The first-order valence-electron chi connectivity index (χ1n) is 6.78. The molecule has 0 aromatic heterocycles. The summed E-state index contributed by atoms with van der Waals surface area (Å²) in [6, 6.07) is 0.646. The zero-order valence-electron chi connectivity index (χ0n) is 9.49. The maximum Gasteiger partial charge on any atom is 0.0586 e. The largest absolute Gasteiger partial charge is 0.393 e. The molecule has 0 amide bonds. The average Bonchev–Trinajstić information content (AvgIpc) is 2.29. The second-order valence-corrected chi connectivity index (χ2v) is 5.80. The number of piperidine rings is 1. The van der Waals surface area contributed by atoms with Crippen molar-refractivity contribution in [3.05, 3.63) is 0 Å². The Balaban J connectivity index is 1.79. The Morgan fingerprint density at radius 2 is 1.67 bits per heavy atom. The standard InChI is InChI=1S/C13H23NO/c15-11-5-1-3-9-6-7-10-4-2-8-14-13(10)12(9)11/h9-15H,1-8H2. The van der Waals surface area contributed by atoms with Crippen LogP contribution in [0.1, 0.15) is 44.9 Å². The minimum Gasteiger partial charge on any atom is -0.393 e. The minimum atomic E-state index is -0.0119. The molecule has 2 heteroatoms.